The summed E-state index contributed by atoms with van der Waals surface area (Å²) < 4.78 is 1.79. The van der Waals surface area contributed by atoms with Gasteiger partial charge in [-0.05, 0) is 93.0 Å². The summed E-state index contributed by atoms with van der Waals surface area (Å²) in [4.78, 5) is 23.9. The summed E-state index contributed by atoms with van der Waals surface area (Å²) in [6.45, 7) is 0. The topological polar surface area (TPSA) is 74.6 Å². The highest BCUT2D eigenvalue weighted by molar-refractivity contribution is 9.10. The van der Waals surface area contributed by atoms with Crippen LogP contribution in [0.1, 0.15) is 43.0 Å². The fourth-order valence-electron chi connectivity index (χ4n) is 5.44. The van der Waals surface area contributed by atoms with Crippen LogP contribution in [0, 0.1) is 0 Å². The molecule has 2 aliphatic rings. The molecule has 4 nitrogen and oxygen atoms in total. The molecule has 160 valence electrons. The predicted octanol–water partition coefficient (Wildman–Crippen LogP) is 6.95. The van der Waals surface area contributed by atoms with Gasteiger partial charge in [-0.2, -0.15) is 0 Å². The molecule has 33 heavy (non-hydrogen) atoms. The van der Waals surface area contributed by atoms with Gasteiger partial charge in [-0.1, -0.05) is 56.1 Å². The average molecular weight is 562 g/mol. The van der Waals surface area contributed by atoms with Crippen molar-refractivity contribution in [2.75, 3.05) is 0 Å². The number of benzene rings is 4. The molecule has 0 radical (unpaired) electrons. The van der Waals surface area contributed by atoms with Gasteiger partial charge in [0.05, 0.1) is 16.5 Å². The van der Waals surface area contributed by atoms with E-state index in [9.17, 15) is 19.8 Å². The normalized spacial score (nSPS) is 13.9. The van der Waals surface area contributed by atoms with Crippen LogP contribution in [0.3, 0.4) is 0 Å². The van der Waals surface area contributed by atoms with E-state index in [1.807, 2.05) is 24.3 Å². The largest absolute Gasteiger partial charge is 0.478 e. The third-order valence-electron chi connectivity index (χ3n) is 6.69. The van der Waals surface area contributed by atoms with Crippen molar-refractivity contribution >= 4 is 43.8 Å². The van der Waals surface area contributed by atoms with Gasteiger partial charge in [0.15, 0.2) is 0 Å². The molecule has 2 N–H and O–H groups in total. The molecular formula is C27H14Br2O4. The minimum Gasteiger partial charge on any atom is -0.478 e. The van der Waals surface area contributed by atoms with Gasteiger partial charge in [0.2, 0.25) is 0 Å². The predicted molar refractivity (Wildman–Crippen MR) is 132 cm³/mol. The molecule has 6 heteroatoms. The molecule has 0 aliphatic heterocycles. The van der Waals surface area contributed by atoms with Crippen LogP contribution in [0.4, 0.5) is 0 Å². The van der Waals surface area contributed by atoms with Crippen LogP contribution >= 0.6 is 31.9 Å². The van der Waals surface area contributed by atoms with Crippen LogP contribution in [0.2, 0.25) is 0 Å². The molecule has 0 saturated carbocycles. The van der Waals surface area contributed by atoms with Gasteiger partial charge in [-0.25, -0.2) is 9.59 Å². The Morgan fingerprint density at radius 3 is 1.24 bits per heavy atom. The maximum Gasteiger partial charge on any atom is 0.335 e. The van der Waals surface area contributed by atoms with E-state index < -0.39 is 17.4 Å². The highest BCUT2D eigenvalue weighted by atomic mass is 79.9. The van der Waals surface area contributed by atoms with Crippen molar-refractivity contribution in [2.45, 2.75) is 5.41 Å². The fraction of sp³-hybridized carbons (Fsp3) is 0.0370. The third kappa shape index (κ3) is 2.62. The SMILES string of the molecule is O=C(O)c1ccc2c(c1)C1(c3cc(Br)ccc3-c3ccc(Br)cc31)c1cc(C(=O)O)ccc1-2. The van der Waals surface area contributed by atoms with E-state index in [4.69, 9.17) is 0 Å². The van der Waals surface area contributed by atoms with Gasteiger partial charge in [-0.15, -0.1) is 0 Å². The molecule has 0 aromatic heterocycles. The Hall–Kier alpha value is -3.22. The second-order valence-electron chi connectivity index (χ2n) is 8.26. The Kier molecular flexibility index (Phi) is 4.26. The lowest BCUT2D eigenvalue weighted by atomic mass is 9.70. The highest BCUT2D eigenvalue weighted by Gasteiger charge is 2.52. The number of carbonyl (C=O) groups is 2. The van der Waals surface area contributed by atoms with Crippen molar-refractivity contribution in [1.82, 2.24) is 0 Å². The zero-order chi connectivity index (χ0) is 23.1. The zero-order valence-corrected chi connectivity index (χ0v) is 20.1. The molecule has 6 rings (SSSR count). The Balaban J connectivity index is 1.85. The number of rotatable bonds is 2. The summed E-state index contributed by atoms with van der Waals surface area (Å²) in [5.74, 6) is -2.01. The van der Waals surface area contributed by atoms with Gasteiger partial charge in [0.1, 0.15) is 0 Å². The summed E-state index contributed by atoms with van der Waals surface area (Å²) >= 11 is 7.22. The summed E-state index contributed by atoms with van der Waals surface area (Å²) in [6, 6.07) is 22.6. The van der Waals surface area contributed by atoms with Crippen molar-refractivity contribution in [3.8, 4) is 22.3 Å². The van der Waals surface area contributed by atoms with Crippen LogP contribution in [-0.4, -0.2) is 22.2 Å². The standard InChI is InChI=1S/C27H14Br2O4/c28-15-3-7-19-20-8-4-16(29)12-24(20)27(23(19)11-15)21-9-13(25(30)31)1-5-17(21)18-6-2-14(26(32)33)10-22(18)27/h1-12H,(H,30,31)(H,32,33). The maximum absolute atomic E-state index is 11.9. The molecule has 0 heterocycles. The molecule has 2 aliphatic carbocycles. The third-order valence-corrected chi connectivity index (χ3v) is 7.68. The number of aromatic carboxylic acids is 2. The lowest BCUT2D eigenvalue weighted by molar-refractivity contribution is 0.0686. The molecule has 4 aromatic carbocycles. The maximum atomic E-state index is 11.9. The molecule has 0 saturated heterocycles. The van der Waals surface area contributed by atoms with Gasteiger partial charge < -0.3 is 10.2 Å². The molecule has 4 aromatic rings. The molecule has 0 fully saturated rings. The average Bonchev–Trinajstić information content (AvgIpc) is 3.24. The van der Waals surface area contributed by atoms with Crippen LogP contribution in [0.15, 0.2) is 81.7 Å². The quantitative estimate of drug-likeness (QED) is 0.240. The first-order valence-electron chi connectivity index (χ1n) is 10.2. The van der Waals surface area contributed by atoms with Crippen molar-refractivity contribution < 1.29 is 19.8 Å². The number of halogens is 2. The molecule has 0 atom stereocenters. The van der Waals surface area contributed by atoms with E-state index in [0.29, 0.717) is 0 Å². The Labute approximate surface area is 205 Å². The minimum atomic E-state index is -1.00. The van der Waals surface area contributed by atoms with E-state index in [1.54, 1.807) is 24.3 Å². The van der Waals surface area contributed by atoms with Crippen LogP contribution in [0.25, 0.3) is 22.3 Å². The van der Waals surface area contributed by atoms with E-state index in [-0.39, 0.29) is 11.1 Å². The number of fused-ring (bicyclic) bond motifs is 10. The van der Waals surface area contributed by atoms with Crippen molar-refractivity contribution in [3.63, 3.8) is 0 Å². The molecular weight excluding hydrogens is 548 g/mol. The second-order valence-corrected chi connectivity index (χ2v) is 10.1. The number of hydrogen-bond donors (Lipinski definition) is 2. The zero-order valence-electron chi connectivity index (χ0n) is 16.9. The summed E-state index contributed by atoms with van der Waals surface area (Å²) in [5.41, 5.74) is 7.13. The summed E-state index contributed by atoms with van der Waals surface area (Å²) in [6.07, 6.45) is 0. The van der Waals surface area contributed by atoms with E-state index in [0.717, 1.165) is 53.5 Å². The van der Waals surface area contributed by atoms with Crippen molar-refractivity contribution in [3.05, 3.63) is 115 Å². The van der Waals surface area contributed by atoms with Crippen molar-refractivity contribution in [1.29, 1.82) is 0 Å². The van der Waals surface area contributed by atoms with Gasteiger partial charge >= 0.3 is 11.9 Å². The van der Waals surface area contributed by atoms with E-state index in [1.165, 1.54) is 0 Å². The minimum absolute atomic E-state index is 0.194. The molecule has 0 unspecified atom stereocenters. The van der Waals surface area contributed by atoms with Gasteiger partial charge in [0, 0.05) is 8.95 Å². The van der Waals surface area contributed by atoms with Gasteiger partial charge in [-0.3, -0.25) is 0 Å². The Morgan fingerprint density at radius 1 is 0.545 bits per heavy atom. The van der Waals surface area contributed by atoms with E-state index in [2.05, 4.69) is 56.1 Å². The first-order valence-corrected chi connectivity index (χ1v) is 11.8. The molecule has 0 amide bonds. The highest BCUT2D eigenvalue weighted by Crippen LogP contribution is 2.63. The summed E-state index contributed by atoms with van der Waals surface area (Å²) in [7, 11) is 0. The monoisotopic (exact) mass is 560 g/mol. The Morgan fingerprint density at radius 2 is 0.879 bits per heavy atom. The van der Waals surface area contributed by atoms with Crippen LogP contribution in [0.5, 0.6) is 0 Å². The fourth-order valence-corrected chi connectivity index (χ4v) is 6.16. The number of carboxylic acids is 2. The molecule has 0 bridgehead atoms. The summed E-state index contributed by atoms with van der Waals surface area (Å²) in [5, 5.41) is 19.5. The van der Waals surface area contributed by atoms with Crippen LogP contribution < -0.4 is 0 Å². The first-order chi connectivity index (χ1) is 15.8. The first kappa shape index (κ1) is 20.4. The number of hydrogen-bond acceptors (Lipinski definition) is 2. The smallest absolute Gasteiger partial charge is 0.335 e. The Bertz CT molecular complexity index is 1440. The lowest BCUT2D eigenvalue weighted by Gasteiger charge is -2.31. The molecule has 1 spiro atoms. The van der Waals surface area contributed by atoms with E-state index >= 15 is 0 Å². The van der Waals surface area contributed by atoms with Crippen molar-refractivity contribution in [2.24, 2.45) is 0 Å². The van der Waals surface area contributed by atoms with Crippen LogP contribution in [-0.2, 0) is 5.41 Å². The lowest BCUT2D eigenvalue weighted by Crippen LogP contribution is -2.26. The van der Waals surface area contributed by atoms with Gasteiger partial charge in [0.25, 0.3) is 0 Å². The second kappa shape index (κ2) is 6.89. The number of carboxylic acid groups (broad SMARTS) is 2.